The van der Waals surface area contributed by atoms with Gasteiger partial charge in [0.15, 0.2) is 0 Å². The molecule has 96 valence electrons. The maximum absolute atomic E-state index is 13.3. The average Bonchev–Trinajstić information content (AvgIpc) is 2.13. The third-order valence-corrected chi connectivity index (χ3v) is 2.31. The molecule has 0 aliphatic carbocycles. The Hall–Kier alpha value is -1.10. The minimum atomic E-state index is -4.43. The van der Waals surface area contributed by atoms with Crippen LogP contribution in [-0.2, 0) is 12.7 Å². The van der Waals surface area contributed by atoms with Crippen LogP contribution in [0.2, 0.25) is 0 Å². The molecule has 0 bridgehead atoms. The van der Waals surface area contributed by atoms with Gasteiger partial charge in [-0.3, -0.25) is 0 Å². The van der Waals surface area contributed by atoms with Crippen molar-refractivity contribution in [3.8, 4) is 0 Å². The Bertz CT molecular complexity index is 390. The molecule has 0 fully saturated rings. The summed E-state index contributed by atoms with van der Waals surface area (Å²) in [5, 5.41) is 1.80. The lowest BCUT2D eigenvalue weighted by Gasteiger charge is -2.17. The molecule has 0 radical (unpaired) electrons. The van der Waals surface area contributed by atoms with Crippen molar-refractivity contribution in [2.45, 2.75) is 39.0 Å². The second-order valence-corrected chi connectivity index (χ2v) is 5.08. The van der Waals surface area contributed by atoms with E-state index in [2.05, 4.69) is 0 Å². The van der Waals surface area contributed by atoms with E-state index in [1.807, 2.05) is 20.8 Å². The zero-order chi connectivity index (χ0) is 13.3. The fraction of sp³-hybridized carbons (Fsp3) is 0.500. The van der Waals surface area contributed by atoms with E-state index in [0.29, 0.717) is 0 Å². The number of nitrogens with two attached hydrogens (primary N) is 1. The number of halogens is 4. The second kappa shape index (κ2) is 4.64. The van der Waals surface area contributed by atoms with Crippen molar-refractivity contribution in [1.29, 1.82) is 0 Å². The van der Waals surface area contributed by atoms with Gasteiger partial charge in [-0.25, -0.2) is 4.39 Å². The molecule has 0 saturated carbocycles. The predicted octanol–water partition coefficient (Wildman–Crippen LogP) is 2.71. The quantitative estimate of drug-likeness (QED) is 0.777. The van der Waals surface area contributed by atoms with E-state index in [4.69, 9.17) is 0 Å². The van der Waals surface area contributed by atoms with Gasteiger partial charge in [-0.1, -0.05) is 0 Å². The van der Waals surface area contributed by atoms with Crippen LogP contribution in [0.4, 0.5) is 17.6 Å². The normalized spacial score (nSPS) is 12.9. The van der Waals surface area contributed by atoms with Crippen molar-refractivity contribution < 1.29 is 22.9 Å². The monoisotopic (exact) mass is 250 g/mol. The van der Waals surface area contributed by atoms with Gasteiger partial charge in [0.25, 0.3) is 0 Å². The topological polar surface area (TPSA) is 16.6 Å². The van der Waals surface area contributed by atoms with Crippen LogP contribution >= 0.6 is 0 Å². The Morgan fingerprint density at radius 2 is 1.71 bits per heavy atom. The third-order valence-electron chi connectivity index (χ3n) is 2.31. The van der Waals surface area contributed by atoms with E-state index in [1.54, 1.807) is 5.32 Å². The number of alkyl halides is 3. The molecule has 0 heterocycles. The van der Waals surface area contributed by atoms with Crippen LogP contribution in [-0.4, -0.2) is 5.54 Å². The summed E-state index contributed by atoms with van der Waals surface area (Å²) in [6.45, 7) is 5.94. The van der Waals surface area contributed by atoms with Crippen molar-refractivity contribution >= 4 is 0 Å². The van der Waals surface area contributed by atoms with E-state index in [-0.39, 0.29) is 17.6 Å². The minimum Gasteiger partial charge on any atom is -0.338 e. The lowest BCUT2D eigenvalue weighted by atomic mass is 10.1. The number of hydrogen-bond acceptors (Lipinski definition) is 0. The summed E-state index contributed by atoms with van der Waals surface area (Å²) in [7, 11) is 0. The summed E-state index contributed by atoms with van der Waals surface area (Å²) in [6, 6.07) is 2.50. The molecule has 0 unspecified atom stereocenters. The lowest BCUT2D eigenvalue weighted by Crippen LogP contribution is -2.93. The summed E-state index contributed by atoms with van der Waals surface area (Å²) < 4.78 is 50.7. The van der Waals surface area contributed by atoms with Crippen LogP contribution in [0.3, 0.4) is 0 Å². The summed E-state index contributed by atoms with van der Waals surface area (Å²) in [6.07, 6.45) is -4.43. The molecule has 1 rings (SSSR count). The molecule has 0 amide bonds. The van der Waals surface area contributed by atoms with E-state index in [1.165, 1.54) is 0 Å². The summed E-state index contributed by atoms with van der Waals surface area (Å²) in [4.78, 5) is 0. The molecule has 1 aromatic rings. The third kappa shape index (κ3) is 4.34. The molecule has 0 saturated heterocycles. The largest absolute Gasteiger partial charge is 0.416 e. The molecule has 0 aliphatic heterocycles. The van der Waals surface area contributed by atoms with Crippen molar-refractivity contribution in [3.63, 3.8) is 0 Å². The van der Waals surface area contributed by atoms with E-state index < -0.39 is 17.6 Å². The number of benzene rings is 1. The number of rotatable bonds is 2. The smallest absolute Gasteiger partial charge is 0.338 e. The molecule has 5 heteroatoms. The molecule has 1 nitrogen and oxygen atoms in total. The van der Waals surface area contributed by atoms with Crippen LogP contribution < -0.4 is 5.32 Å². The summed E-state index contributed by atoms with van der Waals surface area (Å²) >= 11 is 0. The lowest BCUT2D eigenvalue weighted by molar-refractivity contribution is -0.731. The van der Waals surface area contributed by atoms with Gasteiger partial charge < -0.3 is 5.32 Å². The van der Waals surface area contributed by atoms with Gasteiger partial charge in [-0.15, -0.1) is 0 Å². The molecular weight excluding hydrogens is 234 g/mol. The van der Waals surface area contributed by atoms with Gasteiger partial charge in [0.05, 0.1) is 11.1 Å². The van der Waals surface area contributed by atoms with Crippen molar-refractivity contribution in [3.05, 3.63) is 35.1 Å². The van der Waals surface area contributed by atoms with E-state index in [0.717, 1.165) is 18.2 Å². The fourth-order valence-electron chi connectivity index (χ4n) is 1.32. The highest BCUT2D eigenvalue weighted by atomic mass is 19.4. The van der Waals surface area contributed by atoms with Gasteiger partial charge in [0.1, 0.15) is 12.4 Å². The van der Waals surface area contributed by atoms with Gasteiger partial charge in [-0.05, 0) is 39.0 Å². The Labute approximate surface area is 97.8 Å². The first-order valence-electron chi connectivity index (χ1n) is 5.29. The second-order valence-electron chi connectivity index (χ2n) is 5.08. The van der Waals surface area contributed by atoms with Crippen LogP contribution in [0.5, 0.6) is 0 Å². The first-order chi connectivity index (χ1) is 7.59. The molecule has 0 spiro atoms. The SMILES string of the molecule is CC(C)(C)[NH2+]Cc1cc(C(F)(F)F)ccc1F. The predicted molar refractivity (Wildman–Crippen MR) is 56.8 cm³/mol. The van der Waals surface area contributed by atoms with Crippen LogP contribution in [0.25, 0.3) is 0 Å². The first kappa shape index (κ1) is 14.0. The molecule has 1 aromatic carbocycles. The van der Waals surface area contributed by atoms with E-state index >= 15 is 0 Å². The standard InChI is InChI=1S/C12H15F4N/c1-11(2,3)17-7-8-6-9(12(14,15)16)4-5-10(8)13/h4-6,17H,7H2,1-3H3/p+1. The van der Waals surface area contributed by atoms with Crippen LogP contribution in [0.1, 0.15) is 31.9 Å². The van der Waals surface area contributed by atoms with Crippen molar-refractivity contribution in [2.75, 3.05) is 0 Å². The van der Waals surface area contributed by atoms with Gasteiger partial charge in [0, 0.05) is 5.56 Å². The Kier molecular flexibility index (Phi) is 3.81. The molecule has 0 atom stereocenters. The summed E-state index contributed by atoms with van der Waals surface area (Å²) in [5.74, 6) is -0.599. The van der Waals surface area contributed by atoms with Crippen molar-refractivity contribution in [1.82, 2.24) is 0 Å². The highest BCUT2D eigenvalue weighted by Crippen LogP contribution is 2.30. The Balaban J connectivity index is 2.92. The van der Waals surface area contributed by atoms with Gasteiger partial charge >= 0.3 is 6.18 Å². The van der Waals surface area contributed by atoms with Crippen molar-refractivity contribution in [2.24, 2.45) is 0 Å². The Morgan fingerprint density at radius 1 is 1.12 bits per heavy atom. The van der Waals surface area contributed by atoms with Crippen LogP contribution in [0.15, 0.2) is 18.2 Å². The first-order valence-corrected chi connectivity index (χ1v) is 5.29. The summed E-state index contributed by atoms with van der Waals surface area (Å²) in [5.41, 5.74) is -0.883. The molecule has 2 N–H and O–H groups in total. The van der Waals surface area contributed by atoms with Crippen LogP contribution in [0, 0.1) is 5.82 Å². The fourth-order valence-corrected chi connectivity index (χ4v) is 1.32. The minimum absolute atomic E-state index is 0.0785. The zero-order valence-electron chi connectivity index (χ0n) is 10.0. The molecule has 17 heavy (non-hydrogen) atoms. The number of quaternary nitrogens is 1. The highest BCUT2D eigenvalue weighted by molar-refractivity contribution is 5.26. The molecule has 0 aliphatic rings. The number of hydrogen-bond donors (Lipinski definition) is 1. The zero-order valence-corrected chi connectivity index (χ0v) is 10.0. The maximum Gasteiger partial charge on any atom is 0.416 e. The average molecular weight is 250 g/mol. The van der Waals surface area contributed by atoms with Gasteiger partial charge in [0.2, 0.25) is 0 Å². The van der Waals surface area contributed by atoms with E-state index in [9.17, 15) is 17.6 Å². The Morgan fingerprint density at radius 3 is 2.18 bits per heavy atom. The van der Waals surface area contributed by atoms with Gasteiger partial charge in [-0.2, -0.15) is 13.2 Å². The molecular formula is C12H16F4N+. The highest BCUT2D eigenvalue weighted by Gasteiger charge is 2.31. The maximum atomic E-state index is 13.3. The molecule has 0 aromatic heterocycles.